The minimum Gasteiger partial charge on any atom is -0.493 e. The first-order chi connectivity index (χ1) is 12.4. The van der Waals surface area contributed by atoms with Gasteiger partial charge in [-0.15, -0.1) is 0 Å². The lowest BCUT2D eigenvalue weighted by molar-refractivity contribution is 0.0940. The van der Waals surface area contributed by atoms with Gasteiger partial charge in [0, 0.05) is 31.0 Å². The summed E-state index contributed by atoms with van der Waals surface area (Å²) in [5, 5.41) is 2.99. The van der Waals surface area contributed by atoms with Crippen molar-refractivity contribution in [3.05, 3.63) is 41.7 Å². The molecular weight excluding hydrogens is 334 g/mol. The molecule has 0 aliphatic carbocycles. The maximum atomic E-state index is 12.7. The van der Waals surface area contributed by atoms with Crippen molar-refractivity contribution in [1.82, 2.24) is 14.8 Å². The summed E-state index contributed by atoms with van der Waals surface area (Å²) >= 11 is 0. The van der Waals surface area contributed by atoms with Crippen LogP contribution in [0.25, 0.3) is 0 Å². The molecule has 0 saturated carbocycles. The average molecular weight is 361 g/mol. The summed E-state index contributed by atoms with van der Waals surface area (Å²) < 4.78 is 18.0. The number of rotatable bonds is 8. The molecule has 2 rings (SSSR count). The van der Waals surface area contributed by atoms with Crippen LogP contribution in [0.1, 0.15) is 22.1 Å². The third-order valence-corrected chi connectivity index (χ3v) is 4.33. The number of aryl methyl sites for hydroxylation is 1. The van der Waals surface area contributed by atoms with Crippen LogP contribution in [0.3, 0.4) is 0 Å². The number of ether oxygens (including phenoxy) is 3. The Balaban J connectivity index is 2.20. The molecule has 142 valence electrons. The minimum absolute atomic E-state index is 0.0565. The van der Waals surface area contributed by atoms with E-state index in [0.717, 1.165) is 5.69 Å². The second-order valence-electron chi connectivity index (χ2n) is 6.15. The van der Waals surface area contributed by atoms with E-state index >= 15 is 0 Å². The third-order valence-electron chi connectivity index (χ3n) is 4.33. The number of nitrogens with one attached hydrogen (secondary N) is 1. The Morgan fingerprint density at radius 3 is 2.19 bits per heavy atom. The molecule has 0 unspecified atom stereocenters. The zero-order valence-corrected chi connectivity index (χ0v) is 16.2. The maximum absolute atomic E-state index is 12.7. The molecule has 1 heterocycles. The van der Waals surface area contributed by atoms with Gasteiger partial charge in [0.1, 0.15) is 0 Å². The Kier molecular flexibility index (Phi) is 6.52. The average Bonchev–Trinajstić information content (AvgIpc) is 3.05. The lowest BCUT2D eigenvalue weighted by Crippen LogP contribution is -2.35. The number of likely N-dealkylation sites (N-methyl/N-ethyl adjacent to an activating group) is 1. The zero-order chi connectivity index (χ0) is 19.3. The fourth-order valence-corrected chi connectivity index (χ4v) is 2.88. The molecule has 26 heavy (non-hydrogen) atoms. The number of carbonyl (C=O) groups excluding carboxylic acids is 1. The van der Waals surface area contributed by atoms with Crippen LogP contribution in [0.4, 0.5) is 0 Å². The van der Waals surface area contributed by atoms with Gasteiger partial charge in [0.15, 0.2) is 11.5 Å². The molecule has 0 radical (unpaired) electrons. The van der Waals surface area contributed by atoms with Crippen molar-refractivity contribution < 1.29 is 19.0 Å². The van der Waals surface area contributed by atoms with E-state index in [1.165, 1.54) is 21.3 Å². The number of hydrogen-bond donors (Lipinski definition) is 1. The predicted molar refractivity (Wildman–Crippen MR) is 100 cm³/mol. The molecule has 1 aromatic heterocycles. The maximum Gasteiger partial charge on any atom is 0.251 e. The highest BCUT2D eigenvalue weighted by molar-refractivity contribution is 5.95. The zero-order valence-electron chi connectivity index (χ0n) is 16.2. The van der Waals surface area contributed by atoms with E-state index in [9.17, 15) is 4.79 Å². The molecule has 0 bridgehead atoms. The van der Waals surface area contributed by atoms with E-state index in [1.807, 2.05) is 33.4 Å². The summed E-state index contributed by atoms with van der Waals surface area (Å²) in [4.78, 5) is 14.7. The molecular formula is C19H27N3O4. The van der Waals surface area contributed by atoms with Gasteiger partial charge in [-0.25, -0.2) is 0 Å². The fraction of sp³-hybridized carbons (Fsp3) is 0.421. The molecule has 1 amide bonds. The van der Waals surface area contributed by atoms with Gasteiger partial charge >= 0.3 is 0 Å². The van der Waals surface area contributed by atoms with Gasteiger partial charge in [-0.05, 0) is 38.4 Å². The van der Waals surface area contributed by atoms with Crippen LogP contribution in [-0.4, -0.2) is 57.3 Å². The number of aromatic nitrogens is 1. The Morgan fingerprint density at radius 1 is 1.15 bits per heavy atom. The van der Waals surface area contributed by atoms with Gasteiger partial charge in [-0.3, -0.25) is 9.69 Å². The summed E-state index contributed by atoms with van der Waals surface area (Å²) in [6, 6.07) is 7.39. The van der Waals surface area contributed by atoms with Gasteiger partial charge in [-0.2, -0.15) is 0 Å². The second kappa shape index (κ2) is 8.62. The van der Waals surface area contributed by atoms with E-state index < -0.39 is 0 Å². The van der Waals surface area contributed by atoms with E-state index in [1.54, 1.807) is 12.1 Å². The normalized spacial score (nSPS) is 12.0. The molecule has 7 heteroatoms. The number of hydrogen-bond acceptors (Lipinski definition) is 5. The van der Waals surface area contributed by atoms with Gasteiger partial charge < -0.3 is 24.1 Å². The SMILES string of the molecule is COc1cc(C(=O)NC[C@H](c2cccn2C)N(C)C)cc(OC)c1OC. The smallest absolute Gasteiger partial charge is 0.251 e. The number of nitrogens with zero attached hydrogens (tertiary/aromatic N) is 2. The minimum atomic E-state index is -0.203. The number of carbonyl (C=O) groups is 1. The van der Waals surface area contributed by atoms with Crippen LogP contribution < -0.4 is 19.5 Å². The molecule has 0 saturated heterocycles. The van der Waals surface area contributed by atoms with Crippen LogP contribution >= 0.6 is 0 Å². The van der Waals surface area contributed by atoms with Gasteiger partial charge in [0.05, 0.1) is 27.4 Å². The quantitative estimate of drug-likeness (QED) is 0.780. The Labute approximate surface area is 154 Å². The summed E-state index contributed by atoms with van der Waals surface area (Å²) in [5.41, 5.74) is 1.57. The highest BCUT2D eigenvalue weighted by Gasteiger charge is 2.20. The number of benzene rings is 1. The lowest BCUT2D eigenvalue weighted by atomic mass is 10.1. The standard InChI is InChI=1S/C19H27N3O4/c1-21(2)15(14-8-7-9-22(14)3)12-20-19(23)13-10-16(24-4)18(26-6)17(11-13)25-5/h7-11,15H,12H2,1-6H3,(H,20,23)/t15-/m1/s1. The summed E-state index contributed by atoms with van der Waals surface area (Å²) in [6.07, 6.45) is 1.99. The lowest BCUT2D eigenvalue weighted by Gasteiger charge is -2.25. The van der Waals surface area contributed by atoms with Gasteiger partial charge in [-0.1, -0.05) is 0 Å². The van der Waals surface area contributed by atoms with Crippen molar-refractivity contribution in [1.29, 1.82) is 0 Å². The molecule has 1 aromatic carbocycles. The van der Waals surface area contributed by atoms with Crippen LogP contribution in [0, 0.1) is 0 Å². The van der Waals surface area contributed by atoms with Gasteiger partial charge in [0.25, 0.3) is 5.91 Å². The van der Waals surface area contributed by atoms with E-state index in [2.05, 4.69) is 20.9 Å². The monoisotopic (exact) mass is 361 g/mol. The fourth-order valence-electron chi connectivity index (χ4n) is 2.88. The molecule has 0 spiro atoms. The van der Waals surface area contributed by atoms with Crippen molar-refractivity contribution in [3.8, 4) is 17.2 Å². The summed E-state index contributed by atoms with van der Waals surface area (Å²) in [6.45, 7) is 0.473. The number of methoxy groups -OCH3 is 3. The van der Waals surface area contributed by atoms with Crippen LogP contribution in [0.5, 0.6) is 17.2 Å². The largest absolute Gasteiger partial charge is 0.493 e. The topological polar surface area (TPSA) is 65.0 Å². The molecule has 0 aliphatic heterocycles. The molecule has 1 N–H and O–H groups in total. The Bertz CT molecular complexity index is 730. The van der Waals surface area contributed by atoms with Crippen molar-refractivity contribution in [2.24, 2.45) is 7.05 Å². The van der Waals surface area contributed by atoms with E-state index in [4.69, 9.17) is 14.2 Å². The molecule has 1 atom stereocenters. The van der Waals surface area contributed by atoms with Gasteiger partial charge in [0.2, 0.25) is 5.75 Å². The summed E-state index contributed by atoms with van der Waals surface area (Å²) in [5.74, 6) is 1.15. The van der Waals surface area contributed by atoms with Crippen molar-refractivity contribution in [2.75, 3.05) is 42.0 Å². The van der Waals surface area contributed by atoms with Crippen LogP contribution in [-0.2, 0) is 7.05 Å². The highest BCUT2D eigenvalue weighted by atomic mass is 16.5. The first-order valence-electron chi connectivity index (χ1n) is 8.28. The Hall–Kier alpha value is -2.67. The molecule has 0 aliphatic rings. The Morgan fingerprint density at radius 2 is 1.77 bits per heavy atom. The van der Waals surface area contributed by atoms with Crippen molar-refractivity contribution in [3.63, 3.8) is 0 Å². The first-order valence-corrected chi connectivity index (χ1v) is 8.28. The van der Waals surface area contributed by atoms with Crippen molar-refractivity contribution >= 4 is 5.91 Å². The third kappa shape index (κ3) is 4.11. The molecule has 2 aromatic rings. The molecule has 0 fully saturated rings. The number of amides is 1. The highest BCUT2D eigenvalue weighted by Crippen LogP contribution is 2.38. The summed E-state index contributed by atoms with van der Waals surface area (Å²) in [7, 11) is 10.5. The van der Waals surface area contributed by atoms with E-state index in [0.29, 0.717) is 29.4 Å². The van der Waals surface area contributed by atoms with Crippen LogP contribution in [0.15, 0.2) is 30.5 Å². The van der Waals surface area contributed by atoms with Crippen molar-refractivity contribution in [2.45, 2.75) is 6.04 Å². The predicted octanol–water partition coefficient (Wildman–Crippen LogP) is 2.08. The first kappa shape index (κ1) is 19.7. The van der Waals surface area contributed by atoms with E-state index in [-0.39, 0.29) is 11.9 Å². The van der Waals surface area contributed by atoms with Crippen LogP contribution in [0.2, 0.25) is 0 Å². The second-order valence-corrected chi connectivity index (χ2v) is 6.15. The molecule has 7 nitrogen and oxygen atoms in total.